The van der Waals surface area contributed by atoms with Crippen LogP contribution in [0.1, 0.15) is 25.5 Å². The van der Waals surface area contributed by atoms with Crippen LogP contribution in [-0.2, 0) is 0 Å². The first kappa shape index (κ1) is 15.4. The van der Waals surface area contributed by atoms with E-state index in [2.05, 4.69) is 11.1 Å². The van der Waals surface area contributed by atoms with Gasteiger partial charge in [-0.15, -0.1) is 0 Å². The fraction of sp³-hybridized carbons (Fsp3) is 0.222. The Balaban J connectivity index is 2.18. The average molecular weight is 326 g/mol. The molecule has 0 fully saturated rings. The van der Waals surface area contributed by atoms with E-state index in [0.717, 1.165) is 28.3 Å². The SMILES string of the molecule is CCOc1ccc(-c2nc3ccc(Cl)cn3c2C(C)C#N)cc1. The molecule has 3 aromatic rings. The molecule has 1 atom stereocenters. The Kier molecular flexibility index (Phi) is 4.22. The van der Waals surface area contributed by atoms with Gasteiger partial charge in [-0.05, 0) is 50.2 Å². The predicted molar refractivity (Wildman–Crippen MR) is 90.8 cm³/mol. The molecular formula is C18H16ClN3O. The van der Waals surface area contributed by atoms with Crippen molar-refractivity contribution in [3.8, 4) is 23.1 Å². The summed E-state index contributed by atoms with van der Waals surface area (Å²) in [6.45, 7) is 4.44. The Morgan fingerprint density at radius 2 is 2.00 bits per heavy atom. The molecule has 1 aromatic carbocycles. The Hall–Kier alpha value is -2.51. The molecule has 0 aliphatic carbocycles. The van der Waals surface area contributed by atoms with Crippen LogP contribution in [0.4, 0.5) is 0 Å². The first-order valence-corrected chi connectivity index (χ1v) is 7.82. The maximum atomic E-state index is 9.38. The third kappa shape index (κ3) is 2.88. The van der Waals surface area contributed by atoms with Gasteiger partial charge in [-0.25, -0.2) is 4.98 Å². The minimum Gasteiger partial charge on any atom is -0.494 e. The number of nitriles is 1. The molecule has 0 N–H and O–H groups in total. The van der Waals surface area contributed by atoms with Crippen molar-refractivity contribution in [1.29, 1.82) is 5.26 Å². The molecule has 1 unspecified atom stereocenters. The number of pyridine rings is 1. The molecule has 4 nitrogen and oxygen atoms in total. The zero-order chi connectivity index (χ0) is 16.4. The molecule has 2 aromatic heterocycles. The zero-order valence-electron chi connectivity index (χ0n) is 13.0. The van der Waals surface area contributed by atoms with E-state index in [1.807, 2.05) is 48.6 Å². The van der Waals surface area contributed by atoms with Gasteiger partial charge in [-0.2, -0.15) is 5.26 Å². The van der Waals surface area contributed by atoms with Crippen LogP contribution in [0.3, 0.4) is 0 Å². The smallest absolute Gasteiger partial charge is 0.137 e. The molecule has 2 heterocycles. The first-order valence-electron chi connectivity index (χ1n) is 7.44. The van der Waals surface area contributed by atoms with Gasteiger partial charge in [0.25, 0.3) is 0 Å². The van der Waals surface area contributed by atoms with E-state index in [9.17, 15) is 5.26 Å². The molecule has 5 heteroatoms. The van der Waals surface area contributed by atoms with E-state index < -0.39 is 0 Å². The van der Waals surface area contributed by atoms with Crippen LogP contribution in [0.2, 0.25) is 5.02 Å². The maximum Gasteiger partial charge on any atom is 0.137 e. The summed E-state index contributed by atoms with van der Waals surface area (Å²) in [7, 11) is 0. The second-order valence-corrected chi connectivity index (χ2v) is 5.67. The van der Waals surface area contributed by atoms with E-state index in [1.165, 1.54) is 0 Å². The quantitative estimate of drug-likeness (QED) is 0.699. The van der Waals surface area contributed by atoms with Crippen molar-refractivity contribution in [2.24, 2.45) is 0 Å². The van der Waals surface area contributed by atoms with Crippen LogP contribution >= 0.6 is 11.6 Å². The van der Waals surface area contributed by atoms with Crippen LogP contribution in [0, 0.1) is 11.3 Å². The number of fused-ring (bicyclic) bond motifs is 1. The van der Waals surface area contributed by atoms with Gasteiger partial charge in [0.2, 0.25) is 0 Å². The van der Waals surface area contributed by atoms with Gasteiger partial charge >= 0.3 is 0 Å². The number of benzene rings is 1. The lowest BCUT2D eigenvalue weighted by Gasteiger charge is -2.08. The first-order chi connectivity index (χ1) is 11.1. The van der Waals surface area contributed by atoms with Gasteiger partial charge in [0.1, 0.15) is 11.4 Å². The Morgan fingerprint density at radius 1 is 1.26 bits per heavy atom. The van der Waals surface area contributed by atoms with Crippen molar-refractivity contribution in [3.05, 3.63) is 53.3 Å². The summed E-state index contributed by atoms with van der Waals surface area (Å²) in [6.07, 6.45) is 1.80. The number of ether oxygens (including phenoxy) is 1. The molecule has 0 amide bonds. The van der Waals surface area contributed by atoms with Crippen LogP contribution < -0.4 is 4.74 Å². The molecule has 116 valence electrons. The number of nitrogens with zero attached hydrogens (tertiary/aromatic N) is 3. The van der Waals surface area contributed by atoms with Crippen LogP contribution in [-0.4, -0.2) is 16.0 Å². The molecule has 0 aliphatic rings. The van der Waals surface area contributed by atoms with E-state index >= 15 is 0 Å². The van der Waals surface area contributed by atoms with Crippen LogP contribution in [0.5, 0.6) is 5.75 Å². The van der Waals surface area contributed by atoms with Crippen LogP contribution in [0.15, 0.2) is 42.6 Å². The largest absolute Gasteiger partial charge is 0.494 e. The number of hydrogen-bond donors (Lipinski definition) is 0. The van der Waals surface area contributed by atoms with Crippen molar-refractivity contribution in [2.45, 2.75) is 19.8 Å². The Labute approximate surface area is 139 Å². The van der Waals surface area contributed by atoms with E-state index in [1.54, 1.807) is 12.3 Å². The highest BCUT2D eigenvalue weighted by Crippen LogP contribution is 2.31. The number of halogens is 1. The van der Waals surface area contributed by atoms with E-state index in [0.29, 0.717) is 11.6 Å². The molecule has 0 radical (unpaired) electrons. The summed E-state index contributed by atoms with van der Waals surface area (Å²) < 4.78 is 7.37. The van der Waals surface area contributed by atoms with Crippen molar-refractivity contribution in [1.82, 2.24) is 9.38 Å². The summed E-state index contributed by atoms with van der Waals surface area (Å²) in [4.78, 5) is 4.68. The van der Waals surface area contributed by atoms with Gasteiger partial charge in [0.05, 0.1) is 35.0 Å². The Bertz CT molecular complexity index is 878. The highest BCUT2D eigenvalue weighted by Gasteiger charge is 2.19. The third-order valence-corrected chi connectivity index (χ3v) is 3.89. The topological polar surface area (TPSA) is 50.3 Å². The monoisotopic (exact) mass is 325 g/mol. The second-order valence-electron chi connectivity index (χ2n) is 5.23. The van der Waals surface area contributed by atoms with E-state index in [-0.39, 0.29) is 5.92 Å². The van der Waals surface area contributed by atoms with Gasteiger partial charge < -0.3 is 9.14 Å². The summed E-state index contributed by atoms with van der Waals surface area (Å²) in [5.74, 6) is 0.517. The van der Waals surface area contributed by atoms with Crippen molar-refractivity contribution < 1.29 is 4.74 Å². The second kappa shape index (κ2) is 6.31. The third-order valence-electron chi connectivity index (χ3n) is 3.66. The maximum absolute atomic E-state index is 9.38. The fourth-order valence-corrected chi connectivity index (χ4v) is 2.76. The van der Waals surface area contributed by atoms with Gasteiger partial charge in [0, 0.05) is 11.8 Å². The molecular weight excluding hydrogens is 310 g/mol. The molecule has 0 spiro atoms. The highest BCUT2D eigenvalue weighted by molar-refractivity contribution is 6.30. The standard InChI is InChI=1S/C18H16ClN3O/c1-3-23-15-7-4-13(5-8-15)17-18(12(2)10-20)22-11-14(19)6-9-16(22)21-17/h4-9,11-12H,3H2,1-2H3. The summed E-state index contributed by atoms with van der Waals surface area (Å²) in [6, 6.07) is 13.7. The molecule has 0 saturated heterocycles. The van der Waals surface area contributed by atoms with Crippen molar-refractivity contribution in [3.63, 3.8) is 0 Å². The molecule has 0 saturated carbocycles. The lowest BCUT2D eigenvalue weighted by Crippen LogP contribution is -1.98. The summed E-state index contributed by atoms with van der Waals surface area (Å²) >= 11 is 6.10. The van der Waals surface area contributed by atoms with Crippen molar-refractivity contribution >= 4 is 17.2 Å². The minimum atomic E-state index is -0.301. The molecule has 0 bridgehead atoms. The molecule has 23 heavy (non-hydrogen) atoms. The fourth-order valence-electron chi connectivity index (χ4n) is 2.60. The van der Waals surface area contributed by atoms with Gasteiger partial charge in [0.15, 0.2) is 0 Å². The van der Waals surface area contributed by atoms with Gasteiger partial charge in [-0.1, -0.05) is 11.6 Å². The predicted octanol–water partition coefficient (Wildman–Crippen LogP) is 4.68. The summed E-state index contributed by atoms with van der Waals surface area (Å²) in [5.41, 5.74) is 3.36. The minimum absolute atomic E-state index is 0.301. The van der Waals surface area contributed by atoms with Crippen LogP contribution in [0.25, 0.3) is 16.9 Å². The lowest BCUT2D eigenvalue weighted by molar-refractivity contribution is 0.340. The number of imidazole rings is 1. The Morgan fingerprint density at radius 3 is 2.65 bits per heavy atom. The zero-order valence-corrected chi connectivity index (χ0v) is 13.7. The van der Waals surface area contributed by atoms with E-state index in [4.69, 9.17) is 16.3 Å². The molecule has 3 rings (SSSR count). The normalized spacial score (nSPS) is 12.1. The number of rotatable bonds is 4. The summed E-state index contributed by atoms with van der Waals surface area (Å²) in [5, 5.41) is 9.99. The average Bonchev–Trinajstić information content (AvgIpc) is 2.93. The highest BCUT2D eigenvalue weighted by atomic mass is 35.5. The lowest BCUT2D eigenvalue weighted by atomic mass is 10.0. The number of aromatic nitrogens is 2. The van der Waals surface area contributed by atoms with Gasteiger partial charge in [-0.3, -0.25) is 0 Å². The van der Waals surface area contributed by atoms with Crippen molar-refractivity contribution in [2.75, 3.05) is 6.61 Å². The molecule has 0 aliphatic heterocycles. The number of hydrogen-bond acceptors (Lipinski definition) is 3.